The van der Waals surface area contributed by atoms with Gasteiger partial charge >= 0.3 is 5.69 Å². The second kappa shape index (κ2) is 3.64. The lowest BCUT2D eigenvalue weighted by atomic mass is 10.3. The number of carbonyl (C=O) groups is 1. The summed E-state index contributed by atoms with van der Waals surface area (Å²) in [6, 6.07) is 6.94. The number of nitrogens with two attached hydrogens (primary N) is 1. The minimum Gasteiger partial charge on any atom is -0.289 e. The molecule has 0 radical (unpaired) electrons. The van der Waals surface area contributed by atoms with E-state index in [2.05, 4.69) is 15.2 Å². The van der Waals surface area contributed by atoms with E-state index in [9.17, 15) is 9.59 Å². The number of aromatic amines is 1. The summed E-state index contributed by atoms with van der Waals surface area (Å²) in [6.45, 7) is 0. The topological polar surface area (TPSA) is 118 Å². The molecule has 0 atom stereocenters. The number of carbonyl (C=O) groups excluding carboxylic acids is 1. The van der Waals surface area contributed by atoms with Gasteiger partial charge in [-0.05, 0) is 12.1 Å². The van der Waals surface area contributed by atoms with Crippen LogP contribution in [-0.2, 0) is 0 Å². The Labute approximate surface area is 99.4 Å². The number of hydrazine groups is 1. The van der Waals surface area contributed by atoms with Crippen LogP contribution in [0.1, 0.15) is 10.5 Å². The Hall–Kier alpha value is -2.74. The lowest BCUT2D eigenvalue weighted by Crippen LogP contribution is -2.31. The number of rotatable bonds is 1. The molecule has 0 unspecified atom stereocenters. The van der Waals surface area contributed by atoms with E-state index in [4.69, 9.17) is 5.84 Å². The van der Waals surface area contributed by atoms with Crippen LogP contribution in [0.4, 0.5) is 0 Å². The molecule has 3 aromatic rings. The molecule has 18 heavy (non-hydrogen) atoms. The van der Waals surface area contributed by atoms with Gasteiger partial charge in [-0.3, -0.25) is 10.2 Å². The second-order valence-corrected chi connectivity index (χ2v) is 3.61. The average Bonchev–Trinajstić information content (AvgIpc) is 2.79. The third kappa shape index (κ3) is 1.29. The van der Waals surface area contributed by atoms with Crippen molar-refractivity contribution in [1.82, 2.24) is 25.0 Å². The van der Waals surface area contributed by atoms with E-state index < -0.39 is 11.6 Å². The summed E-state index contributed by atoms with van der Waals surface area (Å²) >= 11 is 0. The molecule has 0 aliphatic heterocycles. The number of hydrogen-bond donors (Lipinski definition) is 3. The Kier molecular flexibility index (Phi) is 2.10. The van der Waals surface area contributed by atoms with Crippen molar-refractivity contribution in [2.75, 3.05) is 0 Å². The fourth-order valence-electron chi connectivity index (χ4n) is 1.82. The van der Waals surface area contributed by atoms with Crippen LogP contribution >= 0.6 is 0 Å². The predicted octanol–water partition coefficient (Wildman–Crippen LogP) is -0.826. The number of fused-ring (bicyclic) bond motifs is 3. The third-order valence-corrected chi connectivity index (χ3v) is 2.59. The lowest BCUT2D eigenvalue weighted by molar-refractivity contribution is 0.0950. The normalized spacial score (nSPS) is 10.9. The van der Waals surface area contributed by atoms with Crippen LogP contribution in [-0.4, -0.2) is 25.5 Å². The molecular formula is C10H8N6O2. The van der Waals surface area contributed by atoms with Gasteiger partial charge in [0.25, 0.3) is 5.91 Å². The summed E-state index contributed by atoms with van der Waals surface area (Å²) in [7, 11) is 0. The first-order valence-electron chi connectivity index (χ1n) is 5.09. The van der Waals surface area contributed by atoms with Crippen molar-refractivity contribution in [1.29, 1.82) is 0 Å². The van der Waals surface area contributed by atoms with Gasteiger partial charge in [0.2, 0.25) is 0 Å². The highest BCUT2D eigenvalue weighted by Crippen LogP contribution is 2.14. The quantitative estimate of drug-likeness (QED) is 0.293. The molecule has 4 N–H and O–H groups in total. The molecule has 0 aliphatic carbocycles. The van der Waals surface area contributed by atoms with Gasteiger partial charge in [0.1, 0.15) is 0 Å². The van der Waals surface area contributed by atoms with Gasteiger partial charge in [0.15, 0.2) is 11.3 Å². The Balaban J connectivity index is 2.56. The second-order valence-electron chi connectivity index (χ2n) is 3.61. The van der Waals surface area contributed by atoms with Crippen molar-refractivity contribution < 1.29 is 4.79 Å². The van der Waals surface area contributed by atoms with Gasteiger partial charge in [0.05, 0.1) is 11.0 Å². The predicted molar refractivity (Wildman–Crippen MR) is 62.8 cm³/mol. The van der Waals surface area contributed by atoms with Gasteiger partial charge in [-0.2, -0.15) is 5.10 Å². The van der Waals surface area contributed by atoms with E-state index in [0.29, 0.717) is 11.0 Å². The maximum absolute atomic E-state index is 11.7. The minimum absolute atomic E-state index is 0.00505. The molecule has 3 rings (SSSR count). The molecule has 1 amide bonds. The van der Waals surface area contributed by atoms with E-state index in [-0.39, 0.29) is 11.3 Å². The molecule has 8 nitrogen and oxygen atoms in total. The van der Waals surface area contributed by atoms with Crippen LogP contribution in [0.5, 0.6) is 0 Å². The van der Waals surface area contributed by atoms with E-state index >= 15 is 0 Å². The maximum atomic E-state index is 11.7. The first-order valence-corrected chi connectivity index (χ1v) is 5.09. The molecule has 0 saturated heterocycles. The molecule has 8 heteroatoms. The van der Waals surface area contributed by atoms with E-state index in [0.717, 1.165) is 0 Å². The average molecular weight is 244 g/mol. The zero-order valence-corrected chi connectivity index (χ0v) is 9.04. The van der Waals surface area contributed by atoms with Gasteiger partial charge < -0.3 is 0 Å². The Morgan fingerprint density at radius 3 is 2.94 bits per heavy atom. The Morgan fingerprint density at radius 1 is 1.39 bits per heavy atom. The Bertz CT molecular complexity index is 818. The number of amides is 1. The van der Waals surface area contributed by atoms with Gasteiger partial charge in [-0.25, -0.2) is 25.1 Å². The van der Waals surface area contributed by atoms with Crippen molar-refractivity contribution in [3.8, 4) is 0 Å². The number of nitrogens with zero attached hydrogens (tertiary/aromatic N) is 3. The molecular weight excluding hydrogens is 236 g/mol. The highest BCUT2D eigenvalue weighted by molar-refractivity contribution is 5.99. The first kappa shape index (κ1) is 10.4. The van der Waals surface area contributed by atoms with Crippen LogP contribution in [0.25, 0.3) is 16.7 Å². The summed E-state index contributed by atoms with van der Waals surface area (Å²) in [6.07, 6.45) is 0. The summed E-state index contributed by atoms with van der Waals surface area (Å²) in [5, 5.41) is 6.07. The number of benzene rings is 1. The van der Waals surface area contributed by atoms with Crippen LogP contribution in [0.3, 0.4) is 0 Å². The zero-order chi connectivity index (χ0) is 12.7. The van der Waals surface area contributed by atoms with Crippen molar-refractivity contribution >= 4 is 22.6 Å². The summed E-state index contributed by atoms with van der Waals surface area (Å²) < 4.78 is 1.28. The monoisotopic (exact) mass is 244 g/mol. The van der Waals surface area contributed by atoms with E-state index in [1.165, 1.54) is 4.40 Å². The van der Waals surface area contributed by atoms with Crippen LogP contribution < -0.4 is 17.0 Å². The highest BCUT2D eigenvalue weighted by Gasteiger charge is 2.17. The van der Waals surface area contributed by atoms with E-state index in [1.54, 1.807) is 24.3 Å². The zero-order valence-electron chi connectivity index (χ0n) is 9.04. The molecule has 1 aromatic carbocycles. The van der Waals surface area contributed by atoms with E-state index in [1.807, 2.05) is 5.43 Å². The van der Waals surface area contributed by atoms with Crippen LogP contribution in [0.2, 0.25) is 0 Å². The van der Waals surface area contributed by atoms with Gasteiger partial charge in [-0.15, -0.1) is 0 Å². The molecule has 90 valence electrons. The molecule has 0 fully saturated rings. The largest absolute Gasteiger partial charge is 0.348 e. The number of nitrogen functional groups attached to an aromatic ring is 1. The van der Waals surface area contributed by atoms with Crippen molar-refractivity contribution in [2.24, 2.45) is 5.84 Å². The number of nitrogens with one attached hydrogen (secondary N) is 2. The molecule has 2 heterocycles. The molecule has 0 saturated carbocycles. The summed E-state index contributed by atoms with van der Waals surface area (Å²) in [5.41, 5.74) is 2.75. The third-order valence-electron chi connectivity index (χ3n) is 2.59. The molecule has 0 spiro atoms. The number of hydrogen-bond acceptors (Lipinski definition) is 5. The first-order chi connectivity index (χ1) is 8.72. The standard InChI is InChI=1S/C10H8N6O2/c11-13-9(17)7-8-14-15-10(18)16(8)6-4-2-1-3-5(6)12-7/h1-4H,11H2,(H,13,17)(H,15,18). The number of H-pyrrole nitrogens is 1. The number of para-hydroxylation sites is 2. The van der Waals surface area contributed by atoms with Gasteiger partial charge in [0, 0.05) is 0 Å². The smallest absolute Gasteiger partial charge is 0.289 e. The van der Waals surface area contributed by atoms with Crippen molar-refractivity contribution in [3.63, 3.8) is 0 Å². The van der Waals surface area contributed by atoms with Crippen molar-refractivity contribution in [2.45, 2.75) is 0 Å². The fourth-order valence-corrected chi connectivity index (χ4v) is 1.82. The lowest BCUT2D eigenvalue weighted by Gasteiger charge is -2.04. The van der Waals surface area contributed by atoms with Gasteiger partial charge in [-0.1, -0.05) is 12.1 Å². The minimum atomic E-state index is -0.607. The molecule has 0 aliphatic rings. The summed E-state index contributed by atoms with van der Waals surface area (Å²) in [4.78, 5) is 27.5. The maximum Gasteiger partial charge on any atom is 0.348 e. The van der Waals surface area contributed by atoms with Crippen LogP contribution in [0, 0.1) is 0 Å². The van der Waals surface area contributed by atoms with Crippen LogP contribution in [0.15, 0.2) is 29.1 Å². The summed E-state index contributed by atoms with van der Waals surface area (Å²) in [5.74, 6) is 4.47. The highest BCUT2D eigenvalue weighted by atomic mass is 16.2. The molecule has 2 aromatic heterocycles. The Morgan fingerprint density at radius 2 is 2.17 bits per heavy atom. The molecule has 0 bridgehead atoms. The SMILES string of the molecule is NNC(=O)c1nc2ccccc2n2c(=O)[nH]nc12. The number of aromatic nitrogens is 4. The fraction of sp³-hybridized carbons (Fsp3) is 0. The van der Waals surface area contributed by atoms with Crippen molar-refractivity contribution in [3.05, 3.63) is 40.4 Å².